The topological polar surface area (TPSA) is 63.9 Å². The normalized spacial score (nSPS) is 16.4. The second-order valence-corrected chi connectivity index (χ2v) is 8.92. The van der Waals surface area contributed by atoms with Gasteiger partial charge in [-0.05, 0) is 50.1 Å². The van der Waals surface area contributed by atoms with Crippen LogP contribution in [0.2, 0.25) is 0 Å². The minimum absolute atomic E-state index is 0.0167. The van der Waals surface area contributed by atoms with Gasteiger partial charge < -0.3 is 4.74 Å². The molecule has 1 saturated heterocycles. The van der Waals surface area contributed by atoms with Gasteiger partial charge >= 0.3 is 0 Å². The molecule has 2 aromatic heterocycles. The predicted octanol–water partition coefficient (Wildman–Crippen LogP) is 4.79. The third-order valence-corrected chi connectivity index (χ3v) is 6.50. The van der Waals surface area contributed by atoms with Crippen LogP contribution in [0.25, 0.3) is 11.7 Å². The number of fused-ring (bicyclic) bond motifs is 1. The summed E-state index contributed by atoms with van der Waals surface area (Å²) < 4.78 is 7.98. The number of nitrogens with zero attached hydrogens (tertiary/aromatic N) is 3. The van der Waals surface area contributed by atoms with Crippen LogP contribution in [0, 0.1) is 6.92 Å². The number of aromatic nitrogens is 2. The molecule has 158 valence electrons. The minimum atomic E-state index is -0.317. The van der Waals surface area contributed by atoms with Crippen molar-refractivity contribution >= 4 is 45.9 Å². The first-order valence-electron chi connectivity index (χ1n) is 9.92. The molecule has 1 aliphatic heterocycles. The van der Waals surface area contributed by atoms with Crippen LogP contribution in [0.3, 0.4) is 0 Å². The number of ether oxygens (including phenoxy) is 1. The maximum Gasteiger partial charge on any atom is 0.269 e. The van der Waals surface area contributed by atoms with Crippen molar-refractivity contribution in [2.24, 2.45) is 0 Å². The molecule has 1 atom stereocenters. The highest BCUT2D eigenvalue weighted by Crippen LogP contribution is 2.35. The standard InChI is InChI=1S/C23H21N3O3S2/c1-4-15(3)26-22(28)18(31-23(26)30)13-16-20(29-17-10-6-5-9-14(17)2)24-19-11-7-8-12-25(19)21(16)27/h5-13,15H,4H2,1-3H3/b18-13+. The average molecular weight is 452 g/mol. The highest BCUT2D eigenvalue weighted by molar-refractivity contribution is 8.26. The number of rotatable bonds is 5. The van der Waals surface area contributed by atoms with E-state index in [4.69, 9.17) is 17.0 Å². The first-order chi connectivity index (χ1) is 14.9. The lowest BCUT2D eigenvalue weighted by Gasteiger charge is -2.21. The van der Waals surface area contributed by atoms with Crippen LogP contribution in [0.4, 0.5) is 0 Å². The van der Waals surface area contributed by atoms with Gasteiger partial charge in [0.15, 0.2) is 0 Å². The first kappa shape index (κ1) is 21.3. The van der Waals surface area contributed by atoms with E-state index in [-0.39, 0.29) is 29.0 Å². The number of hydrogen-bond donors (Lipinski definition) is 0. The fourth-order valence-corrected chi connectivity index (χ4v) is 4.68. The molecule has 4 rings (SSSR count). The molecule has 1 aliphatic rings. The van der Waals surface area contributed by atoms with E-state index in [2.05, 4.69) is 4.98 Å². The number of amides is 1. The Morgan fingerprint density at radius 2 is 1.94 bits per heavy atom. The molecule has 1 fully saturated rings. The number of thioether (sulfide) groups is 1. The van der Waals surface area contributed by atoms with E-state index in [0.29, 0.717) is 20.6 Å². The Morgan fingerprint density at radius 1 is 1.19 bits per heavy atom. The monoisotopic (exact) mass is 451 g/mol. The molecular weight excluding hydrogens is 430 g/mol. The number of aryl methyl sites for hydroxylation is 1. The molecule has 1 amide bonds. The zero-order chi connectivity index (χ0) is 22.1. The Kier molecular flexibility index (Phi) is 5.93. The molecule has 3 heterocycles. The molecule has 31 heavy (non-hydrogen) atoms. The molecule has 0 radical (unpaired) electrons. The van der Waals surface area contributed by atoms with Crippen molar-refractivity contribution in [1.82, 2.24) is 14.3 Å². The zero-order valence-electron chi connectivity index (χ0n) is 17.4. The summed E-state index contributed by atoms with van der Waals surface area (Å²) in [5.74, 6) is 0.541. The van der Waals surface area contributed by atoms with Crippen LogP contribution >= 0.6 is 24.0 Å². The van der Waals surface area contributed by atoms with Crippen LogP contribution in [0.15, 0.2) is 58.4 Å². The van der Waals surface area contributed by atoms with E-state index in [1.807, 2.05) is 45.0 Å². The molecule has 3 aromatic rings. The van der Waals surface area contributed by atoms with Crippen LogP contribution < -0.4 is 10.3 Å². The number of pyridine rings is 1. The van der Waals surface area contributed by atoms with Gasteiger partial charge in [-0.1, -0.05) is 55.2 Å². The molecular formula is C23H21N3O3S2. The van der Waals surface area contributed by atoms with Gasteiger partial charge in [-0.2, -0.15) is 4.98 Å². The fraction of sp³-hybridized carbons (Fsp3) is 0.217. The third kappa shape index (κ3) is 4.00. The summed E-state index contributed by atoms with van der Waals surface area (Å²) in [6, 6.07) is 12.8. The summed E-state index contributed by atoms with van der Waals surface area (Å²) in [6.07, 6.45) is 3.97. The maximum atomic E-state index is 13.3. The van der Waals surface area contributed by atoms with Crippen LogP contribution in [0.1, 0.15) is 31.4 Å². The van der Waals surface area contributed by atoms with Gasteiger partial charge in [-0.15, -0.1) is 0 Å². The van der Waals surface area contributed by atoms with Crippen LogP contribution in [-0.4, -0.2) is 30.6 Å². The van der Waals surface area contributed by atoms with Crippen molar-refractivity contribution < 1.29 is 9.53 Å². The summed E-state index contributed by atoms with van der Waals surface area (Å²) >= 11 is 6.61. The average Bonchev–Trinajstić information content (AvgIpc) is 3.04. The quantitative estimate of drug-likeness (QED) is 0.410. The highest BCUT2D eigenvalue weighted by atomic mass is 32.2. The summed E-state index contributed by atoms with van der Waals surface area (Å²) in [7, 11) is 0. The smallest absolute Gasteiger partial charge is 0.269 e. The van der Waals surface area contributed by atoms with Gasteiger partial charge in [0.2, 0.25) is 5.88 Å². The van der Waals surface area contributed by atoms with Crippen LogP contribution in [0.5, 0.6) is 11.6 Å². The van der Waals surface area contributed by atoms with Crippen molar-refractivity contribution in [3.63, 3.8) is 0 Å². The van der Waals surface area contributed by atoms with E-state index in [0.717, 1.165) is 12.0 Å². The third-order valence-electron chi connectivity index (χ3n) is 5.16. The number of carbonyl (C=O) groups excluding carboxylic acids is 1. The second kappa shape index (κ2) is 8.64. The second-order valence-electron chi connectivity index (χ2n) is 7.24. The molecule has 6 nitrogen and oxygen atoms in total. The van der Waals surface area contributed by atoms with Crippen LogP contribution in [-0.2, 0) is 4.79 Å². The lowest BCUT2D eigenvalue weighted by atomic mass is 10.2. The Morgan fingerprint density at radius 3 is 2.68 bits per heavy atom. The first-order valence-corrected chi connectivity index (χ1v) is 11.1. The molecule has 0 saturated carbocycles. The number of carbonyl (C=O) groups is 1. The number of para-hydroxylation sites is 1. The Bertz CT molecular complexity index is 1280. The molecule has 0 N–H and O–H groups in total. The van der Waals surface area contributed by atoms with Gasteiger partial charge in [-0.25, -0.2) is 0 Å². The van der Waals surface area contributed by atoms with Gasteiger partial charge in [0.05, 0.1) is 4.91 Å². The largest absolute Gasteiger partial charge is 0.438 e. The molecule has 0 bridgehead atoms. The lowest BCUT2D eigenvalue weighted by molar-refractivity contribution is -0.123. The molecule has 1 unspecified atom stereocenters. The molecule has 8 heteroatoms. The van der Waals surface area contributed by atoms with Crippen molar-refractivity contribution in [3.05, 3.63) is 75.0 Å². The fourth-order valence-electron chi connectivity index (χ4n) is 3.23. The van der Waals surface area contributed by atoms with Crippen molar-refractivity contribution in [2.45, 2.75) is 33.2 Å². The van der Waals surface area contributed by atoms with E-state index in [1.54, 1.807) is 35.4 Å². The van der Waals surface area contributed by atoms with Gasteiger partial charge in [0.1, 0.15) is 21.3 Å². The minimum Gasteiger partial charge on any atom is -0.438 e. The van der Waals surface area contributed by atoms with Crippen molar-refractivity contribution in [1.29, 1.82) is 0 Å². The SMILES string of the molecule is CCC(C)N1C(=O)/C(=C\c2c(Oc3ccccc3C)nc3ccccn3c2=O)SC1=S. The number of thiocarbonyl (C=S) groups is 1. The Hall–Kier alpha value is -2.97. The molecule has 0 spiro atoms. The maximum absolute atomic E-state index is 13.3. The molecule has 0 aliphatic carbocycles. The van der Waals surface area contributed by atoms with E-state index >= 15 is 0 Å². The van der Waals surface area contributed by atoms with Gasteiger partial charge in [-0.3, -0.25) is 18.9 Å². The lowest BCUT2D eigenvalue weighted by Crippen LogP contribution is -2.36. The summed E-state index contributed by atoms with van der Waals surface area (Å²) in [6.45, 7) is 5.87. The van der Waals surface area contributed by atoms with E-state index in [1.165, 1.54) is 16.2 Å². The van der Waals surface area contributed by atoms with E-state index in [9.17, 15) is 9.59 Å². The van der Waals surface area contributed by atoms with Gasteiger partial charge in [0, 0.05) is 12.2 Å². The van der Waals surface area contributed by atoms with Crippen molar-refractivity contribution in [2.75, 3.05) is 0 Å². The van der Waals surface area contributed by atoms with Gasteiger partial charge in [0.25, 0.3) is 11.5 Å². The van der Waals surface area contributed by atoms with E-state index < -0.39 is 0 Å². The number of hydrogen-bond acceptors (Lipinski definition) is 6. The Labute approximate surface area is 189 Å². The predicted molar refractivity (Wildman–Crippen MR) is 127 cm³/mol. The highest BCUT2D eigenvalue weighted by Gasteiger charge is 2.35. The number of benzene rings is 1. The van der Waals surface area contributed by atoms with Crippen molar-refractivity contribution in [3.8, 4) is 11.6 Å². The summed E-state index contributed by atoms with van der Waals surface area (Å²) in [5.41, 5.74) is 1.26. The Balaban J connectivity index is 1.87. The summed E-state index contributed by atoms with van der Waals surface area (Å²) in [4.78, 5) is 32.8. The molecule has 1 aromatic carbocycles. The zero-order valence-corrected chi connectivity index (χ0v) is 19.0. The summed E-state index contributed by atoms with van der Waals surface area (Å²) in [5, 5.41) is 0.